The summed E-state index contributed by atoms with van der Waals surface area (Å²) in [6.07, 6.45) is 0. The van der Waals surface area contributed by atoms with Gasteiger partial charge in [-0.25, -0.2) is 4.79 Å². The first-order valence-corrected chi connectivity index (χ1v) is 6.58. The molecule has 0 saturated carbocycles. The first-order valence-electron chi connectivity index (χ1n) is 6.58. The fraction of sp³-hybridized carbons (Fsp3) is 0.500. The van der Waals surface area contributed by atoms with Crippen molar-refractivity contribution in [3.63, 3.8) is 0 Å². The summed E-state index contributed by atoms with van der Waals surface area (Å²) < 4.78 is 10.6. The highest BCUT2D eigenvalue weighted by atomic mass is 16.6. The first kappa shape index (κ1) is 16.9. The topological polar surface area (TPSA) is 90.7 Å². The molecule has 0 aliphatic heterocycles. The third-order valence-electron chi connectivity index (χ3n) is 3.18. The second-order valence-corrected chi connectivity index (χ2v) is 4.80. The van der Waals surface area contributed by atoms with Crippen LogP contribution >= 0.6 is 0 Å². The zero-order valence-corrected chi connectivity index (χ0v) is 12.6. The summed E-state index contributed by atoms with van der Waals surface area (Å²) in [5, 5.41) is 13.6. The molecule has 0 heterocycles. The highest BCUT2D eigenvalue weighted by Crippen LogP contribution is 2.25. The molecule has 21 heavy (non-hydrogen) atoms. The predicted octanol–water partition coefficient (Wildman–Crippen LogP) is 1.82. The second-order valence-electron chi connectivity index (χ2n) is 4.80. The number of carbonyl (C=O) groups excluding carboxylic acids is 1. The Labute approximate surface area is 123 Å². The Morgan fingerprint density at radius 1 is 1.48 bits per heavy atom. The molecular weight excluding hydrogens is 276 g/mol. The van der Waals surface area contributed by atoms with Crippen molar-refractivity contribution in [2.45, 2.75) is 26.3 Å². The van der Waals surface area contributed by atoms with Crippen molar-refractivity contribution < 1.29 is 19.2 Å². The molecule has 116 valence electrons. The molecule has 0 fully saturated rings. The predicted molar refractivity (Wildman–Crippen MR) is 77.4 cm³/mol. The lowest BCUT2D eigenvalue weighted by Gasteiger charge is -2.26. The third kappa shape index (κ3) is 4.16. The summed E-state index contributed by atoms with van der Waals surface area (Å²) in [5.41, 5.74) is -0.326. The van der Waals surface area contributed by atoms with Crippen LogP contribution in [0.5, 0.6) is 5.75 Å². The number of hydrogen-bond donors (Lipinski definition) is 1. The van der Waals surface area contributed by atoms with E-state index in [1.54, 1.807) is 33.9 Å². The Kier molecular flexibility index (Phi) is 5.66. The highest BCUT2D eigenvalue weighted by molar-refractivity contribution is 5.80. The SMILES string of the molecule is CCOC(=O)C(C)(COc1cc([N+](=O)[O-])ccc1C)NC. The number of carbonyl (C=O) groups is 1. The van der Waals surface area contributed by atoms with Crippen molar-refractivity contribution in [1.82, 2.24) is 5.32 Å². The van der Waals surface area contributed by atoms with Crippen molar-refractivity contribution in [3.8, 4) is 5.75 Å². The number of nitrogens with zero attached hydrogens (tertiary/aromatic N) is 1. The molecule has 0 bridgehead atoms. The molecular formula is C14H20N2O5. The summed E-state index contributed by atoms with van der Waals surface area (Å²) >= 11 is 0. The number of aryl methyl sites for hydroxylation is 1. The summed E-state index contributed by atoms with van der Waals surface area (Å²) in [7, 11) is 1.63. The van der Waals surface area contributed by atoms with Crippen LogP contribution in [0.3, 0.4) is 0 Å². The van der Waals surface area contributed by atoms with E-state index in [9.17, 15) is 14.9 Å². The molecule has 0 aliphatic rings. The Bertz CT molecular complexity index is 532. The van der Waals surface area contributed by atoms with Gasteiger partial charge in [0.2, 0.25) is 0 Å². The normalized spacial score (nSPS) is 13.3. The number of non-ortho nitro benzene ring substituents is 1. The zero-order chi connectivity index (χ0) is 16.0. The molecule has 1 unspecified atom stereocenters. The Hall–Kier alpha value is -2.15. The Balaban J connectivity index is 2.88. The van der Waals surface area contributed by atoms with Gasteiger partial charge < -0.3 is 14.8 Å². The molecule has 1 rings (SSSR count). The van der Waals surface area contributed by atoms with E-state index in [1.807, 2.05) is 0 Å². The number of nitro groups is 1. The van der Waals surface area contributed by atoms with Gasteiger partial charge in [0.25, 0.3) is 5.69 Å². The van der Waals surface area contributed by atoms with Gasteiger partial charge in [-0.15, -0.1) is 0 Å². The molecule has 1 aromatic rings. The zero-order valence-electron chi connectivity index (χ0n) is 12.6. The maximum Gasteiger partial charge on any atom is 0.329 e. The van der Waals surface area contributed by atoms with Crippen molar-refractivity contribution in [2.75, 3.05) is 20.3 Å². The van der Waals surface area contributed by atoms with E-state index in [1.165, 1.54) is 12.1 Å². The minimum absolute atomic E-state index is 0.00431. The maximum absolute atomic E-state index is 11.9. The standard InChI is InChI=1S/C14H20N2O5/c1-5-20-13(17)14(3,15-4)9-21-12-8-11(16(18)19)7-6-10(12)2/h6-8,15H,5,9H2,1-4H3. The second kappa shape index (κ2) is 7.03. The summed E-state index contributed by atoms with van der Waals surface area (Å²) in [6, 6.07) is 4.36. The van der Waals surface area contributed by atoms with Crippen LogP contribution in [0.2, 0.25) is 0 Å². The largest absolute Gasteiger partial charge is 0.491 e. The molecule has 0 aliphatic carbocycles. The van der Waals surface area contributed by atoms with Crippen molar-refractivity contribution in [1.29, 1.82) is 0 Å². The number of likely N-dealkylation sites (N-methyl/N-ethyl adjacent to an activating group) is 1. The number of esters is 1. The van der Waals surface area contributed by atoms with Gasteiger partial charge in [0.05, 0.1) is 17.6 Å². The molecule has 1 atom stereocenters. The smallest absolute Gasteiger partial charge is 0.329 e. The van der Waals surface area contributed by atoms with Crippen molar-refractivity contribution in [2.24, 2.45) is 0 Å². The van der Waals surface area contributed by atoms with E-state index in [0.29, 0.717) is 5.75 Å². The number of rotatable bonds is 7. The van der Waals surface area contributed by atoms with E-state index in [0.717, 1.165) is 5.56 Å². The molecule has 7 nitrogen and oxygen atoms in total. The van der Waals surface area contributed by atoms with Gasteiger partial charge in [0.15, 0.2) is 0 Å². The van der Waals surface area contributed by atoms with Crippen molar-refractivity contribution >= 4 is 11.7 Å². The number of hydrogen-bond acceptors (Lipinski definition) is 6. The summed E-state index contributed by atoms with van der Waals surface area (Å²) in [6.45, 7) is 5.42. The molecule has 0 amide bonds. The average molecular weight is 296 g/mol. The quantitative estimate of drug-likeness (QED) is 0.469. The van der Waals surface area contributed by atoms with E-state index in [-0.39, 0.29) is 18.9 Å². The van der Waals surface area contributed by atoms with Gasteiger partial charge in [-0.1, -0.05) is 0 Å². The van der Waals surface area contributed by atoms with Crippen LogP contribution < -0.4 is 10.1 Å². The third-order valence-corrected chi connectivity index (χ3v) is 3.18. The van der Waals surface area contributed by atoms with Crippen LogP contribution in [-0.2, 0) is 9.53 Å². The molecule has 1 N–H and O–H groups in total. The van der Waals surface area contributed by atoms with E-state index in [4.69, 9.17) is 9.47 Å². The molecule has 0 saturated heterocycles. The van der Waals surface area contributed by atoms with Crippen LogP contribution in [0.25, 0.3) is 0 Å². The van der Waals surface area contributed by atoms with Crippen LogP contribution in [0.4, 0.5) is 5.69 Å². The van der Waals surface area contributed by atoms with Gasteiger partial charge in [0, 0.05) is 6.07 Å². The van der Waals surface area contributed by atoms with E-state index >= 15 is 0 Å². The van der Waals surface area contributed by atoms with Gasteiger partial charge in [0.1, 0.15) is 17.9 Å². The van der Waals surface area contributed by atoms with E-state index in [2.05, 4.69) is 5.32 Å². The van der Waals surface area contributed by atoms with Crippen LogP contribution in [-0.4, -0.2) is 36.7 Å². The monoisotopic (exact) mass is 296 g/mol. The fourth-order valence-corrected chi connectivity index (χ4v) is 1.60. The Morgan fingerprint density at radius 3 is 2.67 bits per heavy atom. The highest BCUT2D eigenvalue weighted by Gasteiger charge is 2.34. The Morgan fingerprint density at radius 2 is 2.14 bits per heavy atom. The summed E-state index contributed by atoms with van der Waals surface area (Å²) in [4.78, 5) is 22.2. The minimum atomic E-state index is -1.02. The molecule has 0 spiro atoms. The van der Waals surface area contributed by atoms with Crippen molar-refractivity contribution in [3.05, 3.63) is 33.9 Å². The average Bonchev–Trinajstić information content (AvgIpc) is 2.46. The van der Waals surface area contributed by atoms with E-state index < -0.39 is 16.4 Å². The van der Waals surface area contributed by atoms with Crippen LogP contribution in [0.1, 0.15) is 19.4 Å². The number of nitro benzene ring substituents is 1. The first-order chi connectivity index (χ1) is 9.84. The van der Waals surface area contributed by atoms with Crippen LogP contribution in [0, 0.1) is 17.0 Å². The lowest BCUT2D eigenvalue weighted by molar-refractivity contribution is -0.385. The molecule has 7 heteroatoms. The van der Waals surface area contributed by atoms with Gasteiger partial charge in [-0.05, 0) is 39.4 Å². The molecule has 0 aromatic heterocycles. The number of nitrogens with one attached hydrogen (secondary N) is 1. The molecule has 1 aromatic carbocycles. The minimum Gasteiger partial charge on any atom is -0.491 e. The van der Waals surface area contributed by atoms with Gasteiger partial charge >= 0.3 is 5.97 Å². The maximum atomic E-state index is 11.9. The summed E-state index contributed by atoms with van der Waals surface area (Å²) in [5.74, 6) is -0.0643. The van der Waals surface area contributed by atoms with Gasteiger partial charge in [-0.3, -0.25) is 10.1 Å². The lowest BCUT2D eigenvalue weighted by atomic mass is 10.0. The number of ether oxygens (including phenoxy) is 2. The fourth-order valence-electron chi connectivity index (χ4n) is 1.60. The molecule has 0 radical (unpaired) electrons. The van der Waals surface area contributed by atoms with Gasteiger partial charge in [-0.2, -0.15) is 0 Å². The number of benzene rings is 1. The van der Waals surface area contributed by atoms with Crippen LogP contribution in [0.15, 0.2) is 18.2 Å². The lowest BCUT2D eigenvalue weighted by Crippen LogP contribution is -2.53.